The summed E-state index contributed by atoms with van der Waals surface area (Å²) in [5.41, 5.74) is 6.16. The van der Waals surface area contributed by atoms with Crippen molar-refractivity contribution in [2.45, 2.75) is 19.9 Å². The lowest BCUT2D eigenvalue weighted by Gasteiger charge is -2.07. The normalized spacial score (nSPS) is 12.2. The molecule has 104 valence electrons. The van der Waals surface area contributed by atoms with Crippen molar-refractivity contribution < 1.29 is 14.0 Å². The lowest BCUT2D eigenvalue weighted by Crippen LogP contribution is -2.41. The van der Waals surface area contributed by atoms with Crippen LogP contribution in [0.25, 0.3) is 11.0 Å². The maximum Gasteiger partial charge on any atom is 0.336 e. The highest BCUT2D eigenvalue weighted by atomic mass is 16.4. The average molecular weight is 274 g/mol. The van der Waals surface area contributed by atoms with Crippen molar-refractivity contribution in [3.63, 3.8) is 0 Å². The molecule has 0 aliphatic carbocycles. The predicted molar refractivity (Wildman–Crippen MR) is 73.3 cm³/mol. The van der Waals surface area contributed by atoms with Crippen LogP contribution in [0.1, 0.15) is 22.8 Å². The molecule has 20 heavy (non-hydrogen) atoms. The van der Waals surface area contributed by atoms with Crippen LogP contribution in [0.15, 0.2) is 33.5 Å². The number of rotatable bonds is 2. The van der Waals surface area contributed by atoms with Crippen molar-refractivity contribution in [2.24, 2.45) is 5.73 Å². The molecule has 0 aliphatic heterocycles. The lowest BCUT2D eigenvalue weighted by molar-refractivity contribution is -0.121. The monoisotopic (exact) mass is 274 g/mol. The topological polar surface area (TPSA) is 102 Å². The van der Waals surface area contributed by atoms with E-state index in [1.165, 1.54) is 19.1 Å². The van der Waals surface area contributed by atoms with E-state index in [1.807, 2.05) is 0 Å². The number of hydrogen-bond donors (Lipinski definition) is 2. The van der Waals surface area contributed by atoms with Crippen LogP contribution in [0.5, 0.6) is 0 Å². The first-order chi connectivity index (χ1) is 9.38. The fourth-order valence-electron chi connectivity index (χ4n) is 1.76. The summed E-state index contributed by atoms with van der Waals surface area (Å²) in [4.78, 5) is 34.5. The minimum absolute atomic E-state index is 0.222. The molecule has 2 amide bonds. The fraction of sp³-hybridized carbons (Fsp3) is 0.214. The van der Waals surface area contributed by atoms with Crippen LogP contribution in [0.4, 0.5) is 0 Å². The van der Waals surface area contributed by atoms with Gasteiger partial charge < -0.3 is 10.2 Å². The van der Waals surface area contributed by atoms with Gasteiger partial charge in [-0.2, -0.15) is 0 Å². The van der Waals surface area contributed by atoms with E-state index in [9.17, 15) is 14.4 Å². The van der Waals surface area contributed by atoms with Gasteiger partial charge in [-0.15, -0.1) is 0 Å². The van der Waals surface area contributed by atoms with Gasteiger partial charge in [0, 0.05) is 17.0 Å². The summed E-state index contributed by atoms with van der Waals surface area (Å²) in [5.74, 6) is -1.15. The van der Waals surface area contributed by atoms with Crippen LogP contribution >= 0.6 is 0 Å². The third-order valence-corrected chi connectivity index (χ3v) is 2.86. The van der Waals surface area contributed by atoms with Gasteiger partial charge in [0.2, 0.25) is 5.91 Å². The number of hydrogen-bond acceptors (Lipinski definition) is 5. The first-order valence-electron chi connectivity index (χ1n) is 6.04. The van der Waals surface area contributed by atoms with E-state index in [4.69, 9.17) is 10.2 Å². The zero-order chi connectivity index (χ0) is 14.9. The van der Waals surface area contributed by atoms with E-state index in [0.29, 0.717) is 5.58 Å². The lowest BCUT2D eigenvalue weighted by atomic mass is 10.1. The molecule has 0 radical (unpaired) electrons. The highest BCUT2D eigenvalue weighted by molar-refractivity contribution is 6.07. The molecule has 1 heterocycles. The highest BCUT2D eigenvalue weighted by Gasteiger charge is 2.14. The minimum atomic E-state index is -0.778. The number of nitrogens with two attached hydrogens (primary N) is 1. The van der Waals surface area contributed by atoms with E-state index in [2.05, 4.69) is 5.32 Å². The van der Waals surface area contributed by atoms with Gasteiger partial charge in [-0.1, -0.05) is 6.07 Å². The van der Waals surface area contributed by atoms with E-state index in [0.717, 1.165) is 10.9 Å². The molecule has 1 atom stereocenters. The maximum absolute atomic E-state index is 11.9. The van der Waals surface area contributed by atoms with Gasteiger partial charge in [0.15, 0.2) is 0 Å². The zero-order valence-corrected chi connectivity index (χ0v) is 11.1. The van der Waals surface area contributed by atoms with Crippen LogP contribution in [-0.4, -0.2) is 17.9 Å². The number of carbonyl (C=O) groups excluding carboxylic acids is 2. The molecular formula is C14H14N2O4. The first-order valence-corrected chi connectivity index (χ1v) is 6.04. The van der Waals surface area contributed by atoms with Crippen LogP contribution in [0.3, 0.4) is 0 Å². The molecule has 6 heteroatoms. The molecule has 0 aliphatic rings. The molecule has 1 aromatic heterocycles. The number of amides is 2. The Bertz CT molecular complexity index is 746. The Morgan fingerprint density at radius 2 is 2.00 bits per heavy atom. The van der Waals surface area contributed by atoms with Crippen LogP contribution in [0, 0.1) is 6.92 Å². The molecule has 0 spiro atoms. The van der Waals surface area contributed by atoms with Crippen LogP contribution < -0.4 is 16.7 Å². The number of carbonyl (C=O) groups is 2. The largest absolute Gasteiger partial charge is 0.423 e. The second-order valence-electron chi connectivity index (χ2n) is 4.57. The Labute approximate surface area is 114 Å². The smallest absolute Gasteiger partial charge is 0.336 e. The first kappa shape index (κ1) is 14.0. The van der Waals surface area contributed by atoms with E-state index < -0.39 is 23.5 Å². The molecule has 2 aromatic rings. The third kappa shape index (κ3) is 2.75. The van der Waals surface area contributed by atoms with Crippen molar-refractivity contribution >= 4 is 22.8 Å². The fourth-order valence-corrected chi connectivity index (χ4v) is 1.76. The molecule has 2 rings (SSSR count). The Kier molecular flexibility index (Phi) is 3.67. The molecule has 0 unspecified atom stereocenters. The quantitative estimate of drug-likeness (QED) is 0.785. The summed E-state index contributed by atoms with van der Waals surface area (Å²) in [6.07, 6.45) is 0. The Morgan fingerprint density at radius 3 is 2.65 bits per heavy atom. The SMILES string of the molecule is Cc1cc(=O)oc2cc(C(=O)NC(=O)[C@H](C)N)ccc12. The predicted octanol–water partition coefficient (Wildman–Crippen LogP) is 0.705. The maximum atomic E-state index is 11.9. The van der Waals surface area contributed by atoms with E-state index >= 15 is 0 Å². The molecular weight excluding hydrogens is 260 g/mol. The summed E-state index contributed by atoms with van der Waals surface area (Å²) in [5, 5.41) is 2.90. The highest BCUT2D eigenvalue weighted by Crippen LogP contribution is 2.17. The average Bonchev–Trinajstić information content (AvgIpc) is 2.37. The zero-order valence-electron chi connectivity index (χ0n) is 11.1. The van der Waals surface area contributed by atoms with Gasteiger partial charge in [-0.05, 0) is 31.5 Å². The number of aryl methyl sites for hydroxylation is 1. The Balaban J connectivity index is 2.39. The molecule has 0 bridgehead atoms. The van der Waals surface area contributed by atoms with Gasteiger partial charge in [-0.25, -0.2) is 4.79 Å². The van der Waals surface area contributed by atoms with Gasteiger partial charge >= 0.3 is 5.63 Å². The number of fused-ring (bicyclic) bond motifs is 1. The summed E-state index contributed by atoms with van der Waals surface area (Å²) < 4.78 is 5.04. The minimum Gasteiger partial charge on any atom is -0.423 e. The van der Waals surface area contributed by atoms with Crippen molar-refractivity contribution in [1.82, 2.24) is 5.32 Å². The van der Waals surface area contributed by atoms with Crippen LogP contribution in [-0.2, 0) is 4.79 Å². The Hall–Kier alpha value is -2.47. The number of imide groups is 1. The number of nitrogens with one attached hydrogen (secondary N) is 1. The molecule has 0 saturated carbocycles. The molecule has 0 saturated heterocycles. The van der Waals surface area contributed by atoms with Crippen molar-refractivity contribution in [2.75, 3.05) is 0 Å². The van der Waals surface area contributed by atoms with Gasteiger partial charge in [0.25, 0.3) is 5.91 Å². The molecule has 3 N–H and O–H groups in total. The molecule has 0 fully saturated rings. The van der Waals surface area contributed by atoms with Crippen LogP contribution in [0.2, 0.25) is 0 Å². The second kappa shape index (κ2) is 5.26. The third-order valence-electron chi connectivity index (χ3n) is 2.86. The second-order valence-corrected chi connectivity index (χ2v) is 4.57. The van der Waals surface area contributed by atoms with Gasteiger partial charge in [0.05, 0.1) is 6.04 Å². The summed E-state index contributed by atoms with van der Waals surface area (Å²) in [6, 6.07) is 5.24. The number of benzene rings is 1. The standard InChI is InChI=1S/C14H14N2O4/c1-7-5-12(17)20-11-6-9(3-4-10(7)11)14(19)16-13(18)8(2)15/h3-6,8H,15H2,1-2H3,(H,16,18,19)/t8-/m0/s1. The van der Waals surface area contributed by atoms with Gasteiger partial charge in [-0.3, -0.25) is 14.9 Å². The summed E-state index contributed by atoms with van der Waals surface area (Å²) in [7, 11) is 0. The van der Waals surface area contributed by atoms with E-state index in [1.54, 1.807) is 19.1 Å². The van der Waals surface area contributed by atoms with Crippen molar-refractivity contribution in [1.29, 1.82) is 0 Å². The van der Waals surface area contributed by atoms with Crippen molar-refractivity contribution in [3.8, 4) is 0 Å². The van der Waals surface area contributed by atoms with E-state index in [-0.39, 0.29) is 5.56 Å². The summed E-state index contributed by atoms with van der Waals surface area (Å²) >= 11 is 0. The van der Waals surface area contributed by atoms with Crippen molar-refractivity contribution in [3.05, 3.63) is 45.8 Å². The van der Waals surface area contributed by atoms with Gasteiger partial charge in [0.1, 0.15) is 5.58 Å². The molecule has 6 nitrogen and oxygen atoms in total. The Morgan fingerprint density at radius 1 is 1.30 bits per heavy atom. The molecule has 1 aromatic carbocycles. The summed E-state index contributed by atoms with van der Waals surface area (Å²) in [6.45, 7) is 3.25.